The number of nitrogens with one attached hydrogen (secondary N) is 1. The maximum atomic E-state index is 11.8. The van der Waals surface area contributed by atoms with Gasteiger partial charge >= 0.3 is 5.97 Å². The molecule has 0 amide bonds. The summed E-state index contributed by atoms with van der Waals surface area (Å²) in [5, 5.41) is 3.24. The van der Waals surface area contributed by atoms with Crippen LogP contribution in [0.5, 0.6) is 0 Å². The van der Waals surface area contributed by atoms with Crippen LogP contribution in [0.4, 0.5) is 0 Å². The van der Waals surface area contributed by atoms with Gasteiger partial charge in [-0.25, -0.2) is 0 Å². The molecule has 1 saturated heterocycles. The van der Waals surface area contributed by atoms with Crippen molar-refractivity contribution in [1.82, 2.24) is 10.2 Å². The van der Waals surface area contributed by atoms with E-state index in [4.69, 9.17) is 9.47 Å². The van der Waals surface area contributed by atoms with Crippen molar-refractivity contribution in [2.45, 2.75) is 31.9 Å². The molecule has 2 unspecified atom stereocenters. The molecule has 5 heteroatoms. The average molecular weight is 244 g/mol. The number of likely N-dealkylation sites (N-methyl/N-ethyl adjacent to an activating group) is 1. The molecule has 1 aliphatic rings. The van der Waals surface area contributed by atoms with E-state index in [2.05, 4.69) is 10.2 Å². The first-order valence-electron chi connectivity index (χ1n) is 6.31. The molecule has 0 spiro atoms. The highest BCUT2D eigenvalue weighted by Crippen LogP contribution is 2.16. The number of rotatable bonds is 7. The second-order valence-corrected chi connectivity index (χ2v) is 4.54. The van der Waals surface area contributed by atoms with Gasteiger partial charge in [-0.3, -0.25) is 4.79 Å². The van der Waals surface area contributed by atoms with Gasteiger partial charge in [0.15, 0.2) is 0 Å². The van der Waals surface area contributed by atoms with E-state index in [1.807, 2.05) is 21.0 Å². The molecule has 0 aromatic rings. The van der Waals surface area contributed by atoms with Crippen LogP contribution in [-0.2, 0) is 14.3 Å². The molecule has 17 heavy (non-hydrogen) atoms. The molecule has 1 N–H and O–H groups in total. The van der Waals surface area contributed by atoms with Crippen molar-refractivity contribution < 1.29 is 14.3 Å². The zero-order valence-corrected chi connectivity index (χ0v) is 11.1. The second kappa shape index (κ2) is 7.63. The maximum Gasteiger partial charge on any atom is 0.325 e. The predicted octanol–water partition coefficient (Wildman–Crippen LogP) is 0.248. The fraction of sp³-hybridized carbons (Fsp3) is 0.917. The Bertz CT molecular complexity index is 228. The summed E-state index contributed by atoms with van der Waals surface area (Å²) >= 11 is 0. The van der Waals surface area contributed by atoms with E-state index >= 15 is 0 Å². The number of nitrogens with zero attached hydrogens (tertiary/aromatic N) is 1. The summed E-state index contributed by atoms with van der Waals surface area (Å²) in [6.07, 6.45) is 1.92. The monoisotopic (exact) mass is 244 g/mol. The SMILES string of the molecule is CCOC(=O)C(NCCN(C)C)C1CCCO1. The average Bonchev–Trinajstić information content (AvgIpc) is 2.77. The van der Waals surface area contributed by atoms with Crippen LogP contribution in [0.1, 0.15) is 19.8 Å². The van der Waals surface area contributed by atoms with Gasteiger partial charge in [0.25, 0.3) is 0 Å². The Balaban J connectivity index is 2.43. The van der Waals surface area contributed by atoms with E-state index in [0.717, 1.165) is 32.5 Å². The molecule has 2 atom stereocenters. The van der Waals surface area contributed by atoms with Crippen molar-refractivity contribution in [3.05, 3.63) is 0 Å². The Hall–Kier alpha value is -0.650. The van der Waals surface area contributed by atoms with E-state index in [0.29, 0.717) is 6.61 Å². The van der Waals surface area contributed by atoms with Crippen LogP contribution < -0.4 is 5.32 Å². The Kier molecular flexibility index (Phi) is 6.47. The van der Waals surface area contributed by atoms with Crippen molar-refractivity contribution in [2.75, 3.05) is 40.4 Å². The fourth-order valence-corrected chi connectivity index (χ4v) is 1.91. The van der Waals surface area contributed by atoms with E-state index in [1.54, 1.807) is 0 Å². The van der Waals surface area contributed by atoms with Gasteiger partial charge in [0, 0.05) is 19.7 Å². The normalized spacial score (nSPS) is 21.8. The molecule has 1 heterocycles. The van der Waals surface area contributed by atoms with Crippen molar-refractivity contribution in [3.63, 3.8) is 0 Å². The quantitative estimate of drug-likeness (QED) is 0.651. The van der Waals surface area contributed by atoms with Crippen LogP contribution in [0, 0.1) is 0 Å². The lowest BCUT2D eigenvalue weighted by Crippen LogP contribution is -2.48. The molecular weight excluding hydrogens is 220 g/mol. The third kappa shape index (κ3) is 5.02. The van der Waals surface area contributed by atoms with Gasteiger partial charge in [-0.1, -0.05) is 0 Å². The summed E-state index contributed by atoms with van der Waals surface area (Å²) in [4.78, 5) is 13.9. The molecule has 0 aliphatic carbocycles. The van der Waals surface area contributed by atoms with Crippen LogP contribution in [0.3, 0.4) is 0 Å². The molecule has 0 aromatic carbocycles. The zero-order chi connectivity index (χ0) is 12.7. The van der Waals surface area contributed by atoms with Gasteiger partial charge < -0.3 is 19.7 Å². The third-order valence-electron chi connectivity index (χ3n) is 2.80. The molecule has 0 aromatic heterocycles. The number of carbonyl (C=O) groups excluding carboxylic acids is 1. The van der Waals surface area contributed by atoms with Gasteiger partial charge in [-0.05, 0) is 33.9 Å². The third-order valence-corrected chi connectivity index (χ3v) is 2.80. The minimum atomic E-state index is -0.322. The molecule has 0 saturated carbocycles. The first kappa shape index (κ1) is 14.4. The smallest absolute Gasteiger partial charge is 0.325 e. The lowest BCUT2D eigenvalue weighted by Gasteiger charge is -2.23. The minimum Gasteiger partial charge on any atom is -0.465 e. The molecule has 1 aliphatic heterocycles. The lowest BCUT2D eigenvalue weighted by atomic mass is 10.1. The summed E-state index contributed by atoms with van der Waals surface area (Å²) in [6, 6.07) is -0.322. The van der Waals surface area contributed by atoms with Gasteiger partial charge in [0.1, 0.15) is 6.04 Å². The second-order valence-electron chi connectivity index (χ2n) is 4.54. The van der Waals surface area contributed by atoms with E-state index in [-0.39, 0.29) is 18.1 Å². The topological polar surface area (TPSA) is 50.8 Å². The molecule has 0 bridgehead atoms. The van der Waals surface area contributed by atoms with Crippen LogP contribution in [-0.4, -0.2) is 63.4 Å². The van der Waals surface area contributed by atoms with Crippen molar-refractivity contribution >= 4 is 5.97 Å². The van der Waals surface area contributed by atoms with Gasteiger partial charge in [0.05, 0.1) is 12.7 Å². The summed E-state index contributed by atoms with van der Waals surface area (Å²) < 4.78 is 10.6. The Morgan fingerprint density at radius 2 is 2.35 bits per heavy atom. The first-order chi connectivity index (χ1) is 8.15. The highest BCUT2D eigenvalue weighted by atomic mass is 16.5. The molecule has 1 fully saturated rings. The van der Waals surface area contributed by atoms with Gasteiger partial charge in [0.2, 0.25) is 0 Å². The van der Waals surface area contributed by atoms with Gasteiger partial charge in [-0.2, -0.15) is 0 Å². The number of hydrogen-bond acceptors (Lipinski definition) is 5. The maximum absolute atomic E-state index is 11.8. The molecule has 5 nitrogen and oxygen atoms in total. The Labute approximate surface area is 103 Å². The van der Waals surface area contributed by atoms with Crippen molar-refractivity contribution in [2.24, 2.45) is 0 Å². The minimum absolute atomic E-state index is 0.0313. The summed E-state index contributed by atoms with van der Waals surface area (Å²) in [5.74, 6) is -0.196. The van der Waals surface area contributed by atoms with E-state index < -0.39 is 0 Å². The Morgan fingerprint density at radius 1 is 1.59 bits per heavy atom. The van der Waals surface area contributed by atoms with Crippen LogP contribution in [0.15, 0.2) is 0 Å². The number of ether oxygens (including phenoxy) is 2. The summed E-state index contributed by atoms with van der Waals surface area (Å²) in [7, 11) is 4.01. The number of hydrogen-bond donors (Lipinski definition) is 1. The highest BCUT2D eigenvalue weighted by molar-refractivity contribution is 5.76. The molecule has 100 valence electrons. The van der Waals surface area contributed by atoms with E-state index in [9.17, 15) is 4.79 Å². The van der Waals surface area contributed by atoms with Gasteiger partial charge in [-0.15, -0.1) is 0 Å². The highest BCUT2D eigenvalue weighted by Gasteiger charge is 2.32. The van der Waals surface area contributed by atoms with E-state index in [1.165, 1.54) is 0 Å². The number of esters is 1. The molecular formula is C12H24N2O3. The number of carbonyl (C=O) groups is 1. The van der Waals surface area contributed by atoms with Crippen LogP contribution >= 0.6 is 0 Å². The first-order valence-corrected chi connectivity index (χ1v) is 6.31. The Morgan fingerprint density at radius 3 is 2.88 bits per heavy atom. The fourth-order valence-electron chi connectivity index (χ4n) is 1.91. The largest absolute Gasteiger partial charge is 0.465 e. The molecule has 0 radical (unpaired) electrons. The zero-order valence-electron chi connectivity index (χ0n) is 11.1. The van der Waals surface area contributed by atoms with Crippen molar-refractivity contribution in [3.8, 4) is 0 Å². The van der Waals surface area contributed by atoms with Crippen LogP contribution in [0.25, 0.3) is 0 Å². The van der Waals surface area contributed by atoms with Crippen molar-refractivity contribution in [1.29, 1.82) is 0 Å². The lowest BCUT2D eigenvalue weighted by molar-refractivity contribution is -0.149. The summed E-state index contributed by atoms with van der Waals surface area (Å²) in [6.45, 7) is 4.64. The standard InChI is InChI=1S/C12H24N2O3/c1-4-16-12(15)11(10-6-5-9-17-10)13-7-8-14(2)3/h10-11,13H,4-9H2,1-3H3. The van der Waals surface area contributed by atoms with Crippen LogP contribution in [0.2, 0.25) is 0 Å². The summed E-state index contributed by atoms with van der Waals surface area (Å²) in [5.41, 5.74) is 0. The molecule has 1 rings (SSSR count). The predicted molar refractivity (Wildman–Crippen MR) is 66.0 cm³/mol.